The van der Waals surface area contributed by atoms with Gasteiger partial charge >= 0.3 is 0 Å². The zero-order valence-corrected chi connectivity index (χ0v) is 11.2. The Morgan fingerprint density at radius 2 is 1.94 bits per heavy atom. The third-order valence-corrected chi connectivity index (χ3v) is 3.98. The van der Waals surface area contributed by atoms with Crippen LogP contribution in [0.25, 0.3) is 5.57 Å². The summed E-state index contributed by atoms with van der Waals surface area (Å²) in [5, 5.41) is 12.5. The van der Waals surface area contributed by atoms with Crippen molar-refractivity contribution in [2.45, 2.75) is 0 Å². The number of anilines is 1. The van der Waals surface area contributed by atoms with Crippen molar-refractivity contribution in [3.8, 4) is 0 Å². The number of amidine groups is 1. The third kappa shape index (κ3) is 1.67. The van der Waals surface area contributed by atoms with Crippen molar-refractivity contribution in [3.05, 3.63) is 33.1 Å². The topological polar surface area (TPSA) is 82.1 Å². The van der Waals surface area contributed by atoms with Gasteiger partial charge in [0.25, 0.3) is 11.8 Å². The number of benzene rings is 1. The SMILES string of the molecule is N=C1NC(=O)/C(=C2/C(=O)Nc3ccc(Br)cc32)S1. The van der Waals surface area contributed by atoms with Gasteiger partial charge in [0.15, 0.2) is 5.17 Å². The van der Waals surface area contributed by atoms with E-state index in [2.05, 4.69) is 26.6 Å². The quantitative estimate of drug-likeness (QED) is 0.638. The molecule has 2 heterocycles. The molecule has 0 spiro atoms. The number of carbonyl (C=O) groups excluding carboxylic acids is 2. The van der Waals surface area contributed by atoms with Gasteiger partial charge in [-0.2, -0.15) is 0 Å². The number of halogens is 1. The maximum absolute atomic E-state index is 11.9. The van der Waals surface area contributed by atoms with Crippen molar-refractivity contribution in [2.75, 3.05) is 5.32 Å². The van der Waals surface area contributed by atoms with Gasteiger partial charge in [-0.1, -0.05) is 15.9 Å². The lowest BCUT2D eigenvalue weighted by Gasteiger charge is -2.00. The molecule has 1 aromatic carbocycles. The van der Waals surface area contributed by atoms with Crippen LogP contribution in [0.2, 0.25) is 0 Å². The molecule has 2 aliphatic heterocycles. The van der Waals surface area contributed by atoms with Crippen LogP contribution in [-0.2, 0) is 9.59 Å². The highest BCUT2D eigenvalue weighted by Crippen LogP contribution is 2.40. The summed E-state index contributed by atoms with van der Waals surface area (Å²) in [6.45, 7) is 0. The summed E-state index contributed by atoms with van der Waals surface area (Å²) < 4.78 is 0.828. The Kier molecular flexibility index (Phi) is 2.53. The van der Waals surface area contributed by atoms with Crippen LogP contribution in [0.5, 0.6) is 0 Å². The number of fused-ring (bicyclic) bond motifs is 1. The van der Waals surface area contributed by atoms with E-state index in [-0.39, 0.29) is 16.0 Å². The van der Waals surface area contributed by atoms with Gasteiger partial charge < -0.3 is 10.6 Å². The summed E-state index contributed by atoms with van der Waals surface area (Å²) in [5.74, 6) is -0.710. The number of hydrogen-bond donors (Lipinski definition) is 3. The molecule has 18 heavy (non-hydrogen) atoms. The number of hydrogen-bond acceptors (Lipinski definition) is 4. The van der Waals surface area contributed by atoms with Gasteiger partial charge in [-0.3, -0.25) is 15.0 Å². The van der Waals surface area contributed by atoms with Gasteiger partial charge in [0, 0.05) is 15.7 Å². The Labute approximate surface area is 115 Å². The van der Waals surface area contributed by atoms with E-state index >= 15 is 0 Å². The summed E-state index contributed by atoms with van der Waals surface area (Å²) in [5.41, 5.74) is 1.69. The first-order valence-electron chi connectivity index (χ1n) is 4.99. The largest absolute Gasteiger partial charge is 0.321 e. The number of rotatable bonds is 0. The molecule has 2 amide bonds. The first-order valence-corrected chi connectivity index (χ1v) is 6.60. The molecule has 3 rings (SSSR count). The molecule has 0 bridgehead atoms. The van der Waals surface area contributed by atoms with Crippen LogP contribution < -0.4 is 10.6 Å². The van der Waals surface area contributed by atoms with Crippen molar-refractivity contribution in [1.29, 1.82) is 5.41 Å². The summed E-state index contributed by atoms with van der Waals surface area (Å²) in [7, 11) is 0. The van der Waals surface area contributed by atoms with Crippen LogP contribution >= 0.6 is 27.7 Å². The van der Waals surface area contributed by atoms with Crippen molar-refractivity contribution < 1.29 is 9.59 Å². The minimum atomic E-state index is -0.400. The van der Waals surface area contributed by atoms with Crippen LogP contribution in [0.4, 0.5) is 5.69 Å². The predicted octanol–water partition coefficient (Wildman–Crippen LogP) is 1.91. The van der Waals surface area contributed by atoms with E-state index in [1.165, 1.54) is 0 Å². The van der Waals surface area contributed by atoms with Gasteiger partial charge in [-0.15, -0.1) is 0 Å². The van der Waals surface area contributed by atoms with E-state index in [1.807, 2.05) is 6.07 Å². The minimum absolute atomic E-state index is 0.0405. The highest BCUT2D eigenvalue weighted by atomic mass is 79.9. The smallest absolute Gasteiger partial charge is 0.264 e. The number of nitrogens with one attached hydrogen (secondary N) is 3. The van der Waals surface area contributed by atoms with E-state index < -0.39 is 5.91 Å². The molecule has 5 nitrogen and oxygen atoms in total. The zero-order chi connectivity index (χ0) is 12.9. The maximum atomic E-state index is 11.9. The molecule has 0 unspecified atom stereocenters. The highest BCUT2D eigenvalue weighted by Gasteiger charge is 2.34. The average Bonchev–Trinajstić information content (AvgIpc) is 2.77. The lowest BCUT2D eigenvalue weighted by Crippen LogP contribution is -2.19. The van der Waals surface area contributed by atoms with Crippen LogP contribution in [-0.4, -0.2) is 17.0 Å². The molecule has 1 fully saturated rings. The second-order valence-corrected chi connectivity index (χ2v) is 5.67. The van der Waals surface area contributed by atoms with E-state index in [9.17, 15) is 9.59 Å². The molecule has 2 aliphatic rings. The van der Waals surface area contributed by atoms with E-state index in [4.69, 9.17) is 5.41 Å². The van der Waals surface area contributed by atoms with Crippen molar-refractivity contribution in [3.63, 3.8) is 0 Å². The molecule has 3 N–H and O–H groups in total. The fourth-order valence-corrected chi connectivity index (χ4v) is 3.02. The lowest BCUT2D eigenvalue weighted by molar-refractivity contribution is -0.116. The molecule has 0 saturated carbocycles. The molecule has 0 aromatic heterocycles. The standard InChI is InChI=1S/C11H6BrN3O2S/c12-4-1-2-6-5(3-4)7(9(16)14-6)8-10(17)15-11(13)18-8/h1-3H,(H,14,16)(H2,13,15,17)/b8-7-. The van der Waals surface area contributed by atoms with E-state index in [1.54, 1.807) is 12.1 Å². The second kappa shape index (κ2) is 3.96. The normalized spacial score (nSPS) is 21.9. The number of thioether (sulfide) groups is 1. The molecule has 0 atom stereocenters. The summed E-state index contributed by atoms with van der Waals surface area (Å²) in [4.78, 5) is 23.9. The van der Waals surface area contributed by atoms with Crippen molar-refractivity contribution in [1.82, 2.24) is 5.32 Å². The molecular weight excluding hydrogens is 318 g/mol. The van der Waals surface area contributed by atoms with E-state index in [0.717, 1.165) is 16.2 Å². The fourth-order valence-electron chi connectivity index (χ4n) is 1.86. The van der Waals surface area contributed by atoms with Gasteiger partial charge in [-0.25, -0.2) is 0 Å². The van der Waals surface area contributed by atoms with Gasteiger partial charge in [0.05, 0.1) is 10.5 Å². The molecule has 7 heteroatoms. The number of carbonyl (C=O) groups is 2. The van der Waals surface area contributed by atoms with Gasteiger partial charge in [-0.05, 0) is 30.0 Å². The van der Waals surface area contributed by atoms with Gasteiger partial charge in [0.1, 0.15) is 0 Å². The molecule has 1 aromatic rings. The lowest BCUT2D eigenvalue weighted by atomic mass is 10.1. The average molecular weight is 324 g/mol. The highest BCUT2D eigenvalue weighted by molar-refractivity contribution is 9.10. The molecule has 0 radical (unpaired) electrons. The van der Waals surface area contributed by atoms with Crippen LogP contribution in [0.15, 0.2) is 27.6 Å². The monoisotopic (exact) mass is 323 g/mol. The maximum Gasteiger partial charge on any atom is 0.264 e. The van der Waals surface area contributed by atoms with Crippen LogP contribution in [0, 0.1) is 5.41 Å². The fraction of sp³-hybridized carbons (Fsp3) is 0. The summed E-state index contributed by atoms with van der Waals surface area (Å²) in [6.07, 6.45) is 0. The Hall–Kier alpha value is -1.60. The zero-order valence-electron chi connectivity index (χ0n) is 8.83. The Balaban J connectivity index is 2.23. The Morgan fingerprint density at radius 1 is 1.17 bits per heavy atom. The molecule has 0 aliphatic carbocycles. The predicted molar refractivity (Wildman–Crippen MR) is 73.2 cm³/mol. The van der Waals surface area contributed by atoms with E-state index in [0.29, 0.717) is 16.8 Å². The first-order chi connectivity index (χ1) is 8.56. The first kappa shape index (κ1) is 11.5. The Morgan fingerprint density at radius 3 is 2.61 bits per heavy atom. The molecule has 1 saturated heterocycles. The Bertz CT molecular complexity index is 654. The summed E-state index contributed by atoms with van der Waals surface area (Å²) in [6, 6.07) is 5.37. The number of amides is 2. The summed E-state index contributed by atoms with van der Waals surface area (Å²) >= 11 is 4.31. The van der Waals surface area contributed by atoms with Crippen molar-refractivity contribution in [2.24, 2.45) is 0 Å². The second-order valence-electron chi connectivity index (χ2n) is 3.73. The van der Waals surface area contributed by atoms with Crippen LogP contribution in [0.3, 0.4) is 0 Å². The molecule has 90 valence electrons. The van der Waals surface area contributed by atoms with Crippen molar-refractivity contribution >= 4 is 55.9 Å². The molecular formula is C11H6BrN3O2S. The third-order valence-electron chi connectivity index (χ3n) is 2.59. The van der Waals surface area contributed by atoms with Gasteiger partial charge in [0.2, 0.25) is 0 Å². The minimum Gasteiger partial charge on any atom is -0.321 e. The van der Waals surface area contributed by atoms with Crippen LogP contribution in [0.1, 0.15) is 5.56 Å².